The Morgan fingerprint density at radius 3 is 2.35 bits per heavy atom. The van der Waals surface area contributed by atoms with Crippen molar-refractivity contribution in [3.8, 4) is 12.3 Å². The Bertz CT molecular complexity index is 211. The van der Waals surface area contributed by atoms with Crippen LogP contribution in [-0.2, 0) is 14.3 Å². The van der Waals surface area contributed by atoms with Gasteiger partial charge in [0.2, 0.25) is 5.91 Å². The van der Waals surface area contributed by atoms with Crippen LogP contribution in [0.5, 0.6) is 0 Å². The second-order valence-electron chi connectivity index (χ2n) is 3.04. The molecule has 0 aromatic rings. The highest BCUT2D eigenvalue weighted by molar-refractivity contribution is 5.75. The van der Waals surface area contributed by atoms with Gasteiger partial charge in [0.25, 0.3) is 0 Å². The topological polar surface area (TPSA) is 38.8 Å². The van der Waals surface area contributed by atoms with Crippen LogP contribution in [0.15, 0.2) is 0 Å². The molecule has 0 unspecified atom stereocenters. The molecule has 0 aliphatic rings. The maximum atomic E-state index is 11.1. The average Bonchev–Trinajstić information content (AvgIpc) is 2.38. The first-order valence-electron chi connectivity index (χ1n) is 6.05. The summed E-state index contributed by atoms with van der Waals surface area (Å²) in [5.74, 6) is 2.50. The van der Waals surface area contributed by atoms with Crippen molar-refractivity contribution in [2.45, 2.75) is 27.2 Å². The van der Waals surface area contributed by atoms with Crippen LogP contribution in [0, 0.1) is 12.3 Å². The maximum Gasteiger partial charge on any atom is 0.222 e. The van der Waals surface area contributed by atoms with E-state index in [1.807, 2.05) is 20.8 Å². The molecule has 0 atom stereocenters. The molecule has 0 radical (unpaired) electrons. The van der Waals surface area contributed by atoms with Gasteiger partial charge in [-0.25, -0.2) is 0 Å². The van der Waals surface area contributed by atoms with E-state index in [0.29, 0.717) is 39.4 Å². The van der Waals surface area contributed by atoms with Crippen LogP contribution in [-0.4, -0.2) is 50.8 Å². The van der Waals surface area contributed by atoms with Gasteiger partial charge in [0, 0.05) is 20.0 Å². The standard InChI is InChI=1S/C11H19NO3.C2H6/c1-4-7-14-9-10-15-8-6-12(3)11(13)5-2;1-2/h1H,5-10H2,2-3H3;1-2H3. The van der Waals surface area contributed by atoms with E-state index in [0.717, 1.165) is 0 Å². The van der Waals surface area contributed by atoms with Gasteiger partial charge in [0.15, 0.2) is 0 Å². The summed E-state index contributed by atoms with van der Waals surface area (Å²) in [5.41, 5.74) is 0. The molecule has 0 heterocycles. The molecule has 0 saturated heterocycles. The number of carbonyl (C=O) groups excluding carboxylic acids is 1. The van der Waals surface area contributed by atoms with Crippen molar-refractivity contribution in [1.82, 2.24) is 4.90 Å². The Morgan fingerprint density at radius 2 is 1.82 bits per heavy atom. The molecular weight excluding hydrogens is 218 g/mol. The average molecular weight is 243 g/mol. The van der Waals surface area contributed by atoms with E-state index in [1.54, 1.807) is 11.9 Å². The highest BCUT2D eigenvalue weighted by Crippen LogP contribution is 1.89. The molecule has 0 aliphatic carbocycles. The Hall–Kier alpha value is -1.05. The van der Waals surface area contributed by atoms with Crippen LogP contribution in [0.2, 0.25) is 0 Å². The third-order valence-electron chi connectivity index (χ3n) is 1.86. The minimum atomic E-state index is 0.127. The molecule has 0 aromatic heterocycles. The summed E-state index contributed by atoms with van der Waals surface area (Å²) in [6, 6.07) is 0. The van der Waals surface area contributed by atoms with E-state index in [-0.39, 0.29) is 5.91 Å². The van der Waals surface area contributed by atoms with Gasteiger partial charge < -0.3 is 14.4 Å². The normalized spacial score (nSPS) is 8.88. The van der Waals surface area contributed by atoms with Gasteiger partial charge in [0.1, 0.15) is 6.61 Å². The minimum Gasteiger partial charge on any atom is -0.377 e. The van der Waals surface area contributed by atoms with Gasteiger partial charge in [-0.1, -0.05) is 26.7 Å². The lowest BCUT2D eigenvalue weighted by Crippen LogP contribution is -2.29. The number of amides is 1. The largest absolute Gasteiger partial charge is 0.377 e. The summed E-state index contributed by atoms with van der Waals surface area (Å²) in [5, 5.41) is 0. The number of rotatable bonds is 8. The van der Waals surface area contributed by atoms with E-state index in [4.69, 9.17) is 15.9 Å². The van der Waals surface area contributed by atoms with Crippen LogP contribution >= 0.6 is 0 Å². The SMILES string of the molecule is C#CCOCCOCCN(C)C(=O)CC.CC. The van der Waals surface area contributed by atoms with E-state index in [9.17, 15) is 4.79 Å². The van der Waals surface area contributed by atoms with Gasteiger partial charge in [-0.3, -0.25) is 4.79 Å². The summed E-state index contributed by atoms with van der Waals surface area (Å²) < 4.78 is 10.3. The molecule has 4 heteroatoms. The minimum absolute atomic E-state index is 0.127. The summed E-state index contributed by atoms with van der Waals surface area (Å²) in [6.45, 7) is 8.31. The Balaban J connectivity index is 0. The first kappa shape index (κ1) is 18.3. The molecule has 0 aromatic carbocycles. The van der Waals surface area contributed by atoms with Crippen LogP contribution in [0.3, 0.4) is 0 Å². The van der Waals surface area contributed by atoms with Crippen molar-refractivity contribution >= 4 is 5.91 Å². The van der Waals surface area contributed by atoms with E-state index in [1.165, 1.54) is 0 Å². The van der Waals surface area contributed by atoms with Crippen molar-refractivity contribution in [1.29, 1.82) is 0 Å². The lowest BCUT2D eigenvalue weighted by Gasteiger charge is -2.15. The number of hydrogen-bond donors (Lipinski definition) is 0. The molecule has 17 heavy (non-hydrogen) atoms. The monoisotopic (exact) mass is 243 g/mol. The maximum absolute atomic E-state index is 11.1. The third kappa shape index (κ3) is 12.9. The number of hydrogen-bond acceptors (Lipinski definition) is 3. The van der Waals surface area contributed by atoms with Crippen LogP contribution in [0.25, 0.3) is 0 Å². The Morgan fingerprint density at radius 1 is 1.24 bits per heavy atom. The predicted octanol–water partition coefficient (Wildman–Crippen LogP) is 1.55. The molecule has 100 valence electrons. The van der Waals surface area contributed by atoms with E-state index < -0.39 is 0 Å². The quantitative estimate of drug-likeness (QED) is 0.479. The van der Waals surface area contributed by atoms with Crippen LogP contribution in [0.1, 0.15) is 27.2 Å². The number of likely N-dealkylation sites (N-methyl/N-ethyl adjacent to an activating group) is 1. The zero-order valence-corrected chi connectivity index (χ0v) is 11.5. The van der Waals surface area contributed by atoms with Crippen LogP contribution < -0.4 is 0 Å². The lowest BCUT2D eigenvalue weighted by atomic mass is 10.4. The van der Waals surface area contributed by atoms with E-state index in [2.05, 4.69) is 5.92 Å². The molecule has 0 spiro atoms. The first-order valence-corrected chi connectivity index (χ1v) is 6.05. The fraction of sp³-hybridized carbons (Fsp3) is 0.769. The molecule has 0 rings (SSSR count). The van der Waals surface area contributed by atoms with Crippen LogP contribution in [0.4, 0.5) is 0 Å². The number of carbonyl (C=O) groups is 1. The number of nitrogens with zero attached hydrogens (tertiary/aromatic N) is 1. The highest BCUT2D eigenvalue weighted by Gasteiger charge is 2.04. The fourth-order valence-corrected chi connectivity index (χ4v) is 0.947. The molecular formula is C13H25NO3. The Labute approximate surface area is 105 Å². The van der Waals surface area contributed by atoms with Gasteiger partial charge in [-0.15, -0.1) is 6.42 Å². The second kappa shape index (κ2) is 14.9. The van der Waals surface area contributed by atoms with Crippen molar-refractivity contribution in [2.24, 2.45) is 0 Å². The molecule has 0 N–H and O–H groups in total. The fourth-order valence-electron chi connectivity index (χ4n) is 0.947. The summed E-state index contributed by atoms with van der Waals surface area (Å²) >= 11 is 0. The molecule has 4 nitrogen and oxygen atoms in total. The van der Waals surface area contributed by atoms with Gasteiger partial charge in [0.05, 0.1) is 19.8 Å². The van der Waals surface area contributed by atoms with Gasteiger partial charge in [-0.05, 0) is 0 Å². The van der Waals surface area contributed by atoms with Crippen molar-refractivity contribution in [2.75, 3.05) is 40.0 Å². The van der Waals surface area contributed by atoms with Crippen molar-refractivity contribution in [3.63, 3.8) is 0 Å². The summed E-state index contributed by atoms with van der Waals surface area (Å²) in [4.78, 5) is 12.8. The van der Waals surface area contributed by atoms with Gasteiger partial charge >= 0.3 is 0 Å². The molecule has 0 bridgehead atoms. The third-order valence-corrected chi connectivity index (χ3v) is 1.86. The summed E-state index contributed by atoms with van der Waals surface area (Å²) in [6.07, 6.45) is 5.53. The molecule has 1 amide bonds. The lowest BCUT2D eigenvalue weighted by molar-refractivity contribution is -0.130. The van der Waals surface area contributed by atoms with Gasteiger partial charge in [-0.2, -0.15) is 0 Å². The molecule has 0 fully saturated rings. The first-order chi connectivity index (χ1) is 8.22. The van der Waals surface area contributed by atoms with E-state index >= 15 is 0 Å². The van der Waals surface area contributed by atoms with Crippen molar-refractivity contribution in [3.05, 3.63) is 0 Å². The number of ether oxygens (including phenoxy) is 2. The molecule has 0 aliphatic heterocycles. The Kier molecular flexibility index (Phi) is 16.1. The summed E-state index contributed by atoms with van der Waals surface area (Å²) in [7, 11) is 1.77. The predicted molar refractivity (Wildman–Crippen MR) is 69.7 cm³/mol. The smallest absolute Gasteiger partial charge is 0.222 e. The highest BCUT2D eigenvalue weighted by atomic mass is 16.5. The molecule has 0 saturated carbocycles. The number of terminal acetylenes is 1. The zero-order valence-electron chi connectivity index (χ0n) is 11.5. The second-order valence-corrected chi connectivity index (χ2v) is 3.04. The zero-order chi connectivity index (χ0) is 13.5. The van der Waals surface area contributed by atoms with Crippen molar-refractivity contribution < 1.29 is 14.3 Å².